The van der Waals surface area contributed by atoms with Crippen molar-refractivity contribution in [1.29, 1.82) is 5.26 Å². The van der Waals surface area contributed by atoms with E-state index in [1.54, 1.807) is 6.07 Å². The largest absolute Gasteiger partial charge is 0.480 e. The Morgan fingerprint density at radius 3 is 2.81 bits per heavy atom. The second kappa shape index (κ2) is 4.81. The fourth-order valence-electron chi connectivity index (χ4n) is 1.74. The van der Waals surface area contributed by atoms with E-state index in [0.29, 0.717) is 11.4 Å². The van der Waals surface area contributed by atoms with Crippen molar-refractivity contribution in [2.24, 2.45) is 0 Å². The molecule has 1 saturated heterocycles. The van der Waals surface area contributed by atoms with Gasteiger partial charge in [-0.2, -0.15) is 10.2 Å². The predicted octanol–water partition coefficient (Wildman–Crippen LogP) is 0.371. The molecule has 0 radical (unpaired) electrons. The lowest BCUT2D eigenvalue weighted by atomic mass is 10.2. The van der Waals surface area contributed by atoms with Crippen LogP contribution in [-0.2, 0) is 0 Å². The van der Waals surface area contributed by atoms with E-state index >= 15 is 0 Å². The second-order valence-corrected chi connectivity index (χ2v) is 3.58. The van der Waals surface area contributed by atoms with Crippen molar-refractivity contribution in [3.63, 3.8) is 0 Å². The van der Waals surface area contributed by atoms with Crippen LogP contribution in [0.25, 0.3) is 0 Å². The molecular formula is C11H14N4O. The maximum Gasteiger partial charge on any atom is 0.233 e. The smallest absolute Gasteiger partial charge is 0.233 e. The zero-order valence-corrected chi connectivity index (χ0v) is 9.23. The van der Waals surface area contributed by atoms with E-state index in [9.17, 15) is 0 Å². The van der Waals surface area contributed by atoms with Crippen LogP contribution < -0.4 is 15.0 Å². The molecule has 1 fully saturated rings. The minimum absolute atomic E-state index is 0.401. The fourth-order valence-corrected chi connectivity index (χ4v) is 1.74. The van der Waals surface area contributed by atoms with Gasteiger partial charge in [0.1, 0.15) is 17.5 Å². The van der Waals surface area contributed by atoms with Crippen LogP contribution in [-0.4, -0.2) is 38.3 Å². The van der Waals surface area contributed by atoms with Gasteiger partial charge < -0.3 is 15.0 Å². The summed E-state index contributed by atoms with van der Waals surface area (Å²) in [7, 11) is 1.53. The Balaban J connectivity index is 2.25. The molecule has 1 N–H and O–H groups in total. The molecule has 16 heavy (non-hydrogen) atoms. The van der Waals surface area contributed by atoms with Crippen LogP contribution in [0.2, 0.25) is 0 Å². The number of rotatable bonds is 2. The van der Waals surface area contributed by atoms with Crippen molar-refractivity contribution >= 4 is 5.82 Å². The highest BCUT2D eigenvalue weighted by Crippen LogP contribution is 2.20. The third kappa shape index (κ3) is 2.07. The van der Waals surface area contributed by atoms with Crippen molar-refractivity contribution in [3.8, 4) is 11.9 Å². The summed E-state index contributed by atoms with van der Waals surface area (Å²) in [6.45, 7) is 3.79. The molecule has 1 aromatic rings. The number of hydrogen-bond acceptors (Lipinski definition) is 5. The molecule has 0 aromatic carbocycles. The SMILES string of the molecule is COc1nc(N2CCNCC2)ccc1C#N. The van der Waals surface area contributed by atoms with Crippen LogP contribution >= 0.6 is 0 Å². The summed E-state index contributed by atoms with van der Waals surface area (Å²) in [5, 5.41) is 12.1. The van der Waals surface area contributed by atoms with Gasteiger partial charge in [-0.25, -0.2) is 0 Å². The average Bonchev–Trinajstić information content (AvgIpc) is 2.39. The Labute approximate surface area is 94.7 Å². The molecule has 5 heteroatoms. The first-order chi connectivity index (χ1) is 7.85. The van der Waals surface area contributed by atoms with E-state index in [-0.39, 0.29) is 0 Å². The zero-order chi connectivity index (χ0) is 11.4. The molecule has 0 spiro atoms. The van der Waals surface area contributed by atoms with Crippen molar-refractivity contribution in [1.82, 2.24) is 10.3 Å². The molecule has 0 bridgehead atoms. The third-order valence-corrected chi connectivity index (χ3v) is 2.60. The van der Waals surface area contributed by atoms with Crippen LogP contribution in [0.1, 0.15) is 5.56 Å². The molecule has 0 unspecified atom stereocenters. The summed E-state index contributed by atoms with van der Waals surface area (Å²) in [4.78, 5) is 6.52. The standard InChI is InChI=1S/C11H14N4O/c1-16-11-9(8-12)2-3-10(14-11)15-6-4-13-5-7-15/h2-3,13H,4-7H2,1H3. The molecule has 2 rings (SSSR count). The van der Waals surface area contributed by atoms with Crippen molar-refractivity contribution in [3.05, 3.63) is 17.7 Å². The van der Waals surface area contributed by atoms with E-state index in [1.807, 2.05) is 6.07 Å². The number of nitriles is 1. The van der Waals surface area contributed by atoms with Crippen LogP contribution in [0.15, 0.2) is 12.1 Å². The van der Waals surface area contributed by atoms with E-state index < -0.39 is 0 Å². The summed E-state index contributed by atoms with van der Waals surface area (Å²) in [5.41, 5.74) is 0.474. The predicted molar refractivity (Wildman–Crippen MR) is 60.6 cm³/mol. The Morgan fingerprint density at radius 1 is 1.44 bits per heavy atom. The minimum Gasteiger partial charge on any atom is -0.480 e. The second-order valence-electron chi connectivity index (χ2n) is 3.58. The monoisotopic (exact) mass is 218 g/mol. The topological polar surface area (TPSA) is 61.2 Å². The van der Waals surface area contributed by atoms with Crippen molar-refractivity contribution in [2.75, 3.05) is 38.2 Å². The van der Waals surface area contributed by atoms with Gasteiger partial charge >= 0.3 is 0 Å². The molecule has 1 aromatic heterocycles. The number of ether oxygens (including phenoxy) is 1. The Kier molecular flexibility index (Phi) is 3.22. The Hall–Kier alpha value is -1.80. The number of methoxy groups -OCH3 is 1. The summed E-state index contributed by atoms with van der Waals surface area (Å²) >= 11 is 0. The molecule has 0 aliphatic carbocycles. The number of hydrogen-bond donors (Lipinski definition) is 1. The molecule has 84 valence electrons. The van der Waals surface area contributed by atoms with E-state index in [0.717, 1.165) is 32.0 Å². The fraction of sp³-hybridized carbons (Fsp3) is 0.455. The molecule has 1 aliphatic heterocycles. The number of pyridine rings is 1. The first-order valence-electron chi connectivity index (χ1n) is 5.26. The number of anilines is 1. The van der Waals surface area contributed by atoms with Gasteiger partial charge in [0.15, 0.2) is 0 Å². The molecular weight excluding hydrogens is 204 g/mol. The first-order valence-corrected chi connectivity index (χ1v) is 5.26. The van der Waals surface area contributed by atoms with Crippen LogP contribution in [0.4, 0.5) is 5.82 Å². The average molecular weight is 218 g/mol. The van der Waals surface area contributed by atoms with E-state index in [1.165, 1.54) is 7.11 Å². The van der Waals surface area contributed by atoms with Crippen LogP contribution in [0.3, 0.4) is 0 Å². The van der Waals surface area contributed by atoms with Crippen LogP contribution in [0.5, 0.6) is 5.88 Å². The first kappa shape index (κ1) is 10.7. The molecule has 2 heterocycles. The highest BCUT2D eigenvalue weighted by molar-refractivity contribution is 5.48. The summed E-state index contributed by atoms with van der Waals surface area (Å²) < 4.78 is 5.09. The highest BCUT2D eigenvalue weighted by Gasteiger charge is 2.13. The lowest BCUT2D eigenvalue weighted by Gasteiger charge is -2.28. The van der Waals surface area contributed by atoms with Gasteiger partial charge in [-0.05, 0) is 12.1 Å². The molecule has 0 amide bonds. The Morgan fingerprint density at radius 2 is 2.19 bits per heavy atom. The number of nitrogens with one attached hydrogen (secondary N) is 1. The maximum absolute atomic E-state index is 8.86. The minimum atomic E-state index is 0.401. The molecule has 1 aliphatic rings. The van der Waals surface area contributed by atoms with Crippen molar-refractivity contribution in [2.45, 2.75) is 0 Å². The Bertz CT molecular complexity index is 407. The van der Waals surface area contributed by atoms with Gasteiger partial charge in [-0.3, -0.25) is 0 Å². The third-order valence-electron chi connectivity index (χ3n) is 2.60. The maximum atomic E-state index is 8.86. The van der Waals surface area contributed by atoms with Gasteiger partial charge in [0.25, 0.3) is 0 Å². The van der Waals surface area contributed by atoms with Gasteiger partial charge in [0, 0.05) is 26.2 Å². The normalized spacial score (nSPS) is 15.6. The summed E-state index contributed by atoms with van der Waals surface area (Å²) in [6.07, 6.45) is 0. The van der Waals surface area contributed by atoms with E-state index in [4.69, 9.17) is 10.00 Å². The highest BCUT2D eigenvalue weighted by atomic mass is 16.5. The lowest BCUT2D eigenvalue weighted by Crippen LogP contribution is -2.43. The number of piperazine rings is 1. The lowest BCUT2D eigenvalue weighted by molar-refractivity contribution is 0.396. The quantitative estimate of drug-likeness (QED) is 0.777. The number of aromatic nitrogens is 1. The van der Waals surface area contributed by atoms with Gasteiger partial charge in [-0.1, -0.05) is 0 Å². The molecule has 5 nitrogen and oxygen atoms in total. The molecule has 0 saturated carbocycles. The van der Waals surface area contributed by atoms with Gasteiger partial charge in [0.05, 0.1) is 7.11 Å². The molecule has 0 atom stereocenters. The van der Waals surface area contributed by atoms with Gasteiger partial charge in [0.2, 0.25) is 5.88 Å². The number of nitrogens with zero attached hydrogens (tertiary/aromatic N) is 3. The van der Waals surface area contributed by atoms with Crippen LogP contribution in [0, 0.1) is 11.3 Å². The van der Waals surface area contributed by atoms with Crippen molar-refractivity contribution < 1.29 is 4.74 Å². The zero-order valence-electron chi connectivity index (χ0n) is 9.23. The van der Waals surface area contributed by atoms with Gasteiger partial charge in [-0.15, -0.1) is 0 Å². The summed E-state index contributed by atoms with van der Waals surface area (Å²) in [6, 6.07) is 5.68. The van der Waals surface area contributed by atoms with E-state index in [2.05, 4.69) is 21.3 Å². The summed E-state index contributed by atoms with van der Waals surface area (Å²) in [5.74, 6) is 1.27.